The summed E-state index contributed by atoms with van der Waals surface area (Å²) in [4.78, 5) is 1.64. The fraction of sp³-hybridized carbons (Fsp3) is 0.750. The van der Waals surface area contributed by atoms with Crippen LogP contribution < -0.4 is 20.6 Å². The maximum absolute atomic E-state index is 7.28. The quantitative estimate of drug-likeness (QED) is 0.707. The van der Waals surface area contributed by atoms with Crippen LogP contribution in [0, 0.1) is 5.41 Å². The lowest BCUT2D eigenvalue weighted by Gasteiger charge is -2.42. The van der Waals surface area contributed by atoms with Gasteiger partial charge < -0.3 is 4.52 Å². The van der Waals surface area contributed by atoms with Crippen LogP contribution >= 0.6 is 24.2 Å². The fourth-order valence-electron chi connectivity index (χ4n) is 1.58. The molecule has 1 aliphatic rings. The molecule has 15 heavy (non-hydrogen) atoms. The lowest BCUT2D eigenvalue weighted by atomic mass is 10.1. The average Bonchev–Trinajstić information content (AvgIpc) is 2.51. The molecule has 0 amide bonds. The Morgan fingerprint density at radius 3 is 2.93 bits per heavy atom. The Morgan fingerprint density at radius 2 is 2.40 bits per heavy atom. The van der Waals surface area contributed by atoms with Gasteiger partial charge in [-0.3, -0.25) is 10.4 Å². The molecule has 0 spiro atoms. The molecule has 7 heteroatoms. The number of thioether (sulfide) groups is 1. The van der Waals surface area contributed by atoms with E-state index < -0.39 is 0 Å². The summed E-state index contributed by atoms with van der Waals surface area (Å²) in [6, 6.07) is 0. The third-order valence-electron chi connectivity index (χ3n) is 2.30. The van der Waals surface area contributed by atoms with E-state index in [9.17, 15) is 0 Å². The zero-order valence-corrected chi connectivity index (χ0v) is 10.4. The summed E-state index contributed by atoms with van der Waals surface area (Å²) >= 11 is 1.95. The van der Waals surface area contributed by atoms with Crippen molar-refractivity contribution in [1.82, 2.24) is 5.27 Å². The van der Waals surface area contributed by atoms with Gasteiger partial charge in [-0.05, 0) is 11.0 Å². The van der Waals surface area contributed by atoms with Crippen molar-refractivity contribution in [1.29, 1.82) is 5.41 Å². The Morgan fingerprint density at radius 1 is 1.67 bits per heavy atom. The first kappa shape index (κ1) is 12.4. The summed E-state index contributed by atoms with van der Waals surface area (Å²) in [6.45, 7) is 5.28. The summed E-state index contributed by atoms with van der Waals surface area (Å²) in [5.74, 6) is 2.16. The second kappa shape index (κ2) is 4.49. The number of halogens is 1. The maximum atomic E-state index is 7.28. The molecule has 1 fully saturated rings. The Hall–Kier alpha value is -0.620. The van der Waals surface area contributed by atoms with Crippen molar-refractivity contribution in [3.8, 4) is 0 Å². The van der Waals surface area contributed by atoms with Crippen LogP contribution in [0.3, 0.4) is 0 Å². The Balaban J connectivity index is 0.00000112. The topological polar surface area (TPSA) is 58.2 Å². The molecule has 0 atom stereocenters. The van der Waals surface area contributed by atoms with E-state index in [1.54, 1.807) is 11.0 Å². The van der Waals surface area contributed by atoms with E-state index >= 15 is 0 Å². The van der Waals surface area contributed by atoms with Crippen LogP contribution in [-0.2, 0) is 0 Å². The fourth-order valence-corrected chi connectivity index (χ4v) is 2.68. The number of nitrogens with zero attached hydrogens (tertiary/aromatic N) is 3. The molecule has 0 bridgehead atoms. The first-order valence-corrected chi connectivity index (χ1v) is 5.71. The van der Waals surface area contributed by atoms with E-state index in [-0.39, 0.29) is 23.5 Å². The second-order valence-electron chi connectivity index (χ2n) is 3.97. The maximum Gasteiger partial charge on any atom is 0.286 e. The Kier molecular flexibility index (Phi) is 3.72. The van der Waals surface area contributed by atoms with Gasteiger partial charge in [0, 0.05) is 17.8 Å². The normalized spacial score (nSPS) is 19.7. The zero-order chi connectivity index (χ0) is 10.2. The number of nitrogens with one attached hydrogen (secondary N) is 1. The van der Waals surface area contributed by atoms with E-state index in [1.807, 2.05) is 11.8 Å². The lowest BCUT2D eigenvalue weighted by molar-refractivity contribution is -0.770. The third kappa shape index (κ3) is 2.49. The SMILES string of the molecule is CC1(C)CSCCN1[n+]1cc(=N)o[n-]1.Cl. The van der Waals surface area contributed by atoms with Crippen LogP contribution in [-0.4, -0.2) is 23.6 Å². The molecule has 1 N–H and O–H groups in total. The van der Waals surface area contributed by atoms with Gasteiger partial charge in [0.25, 0.3) is 11.8 Å². The molecule has 1 aromatic heterocycles. The first-order valence-electron chi connectivity index (χ1n) is 4.55. The predicted molar refractivity (Wildman–Crippen MR) is 59.8 cm³/mol. The van der Waals surface area contributed by atoms with Gasteiger partial charge in [-0.25, -0.2) is 0 Å². The van der Waals surface area contributed by atoms with Gasteiger partial charge >= 0.3 is 0 Å². The van der Waals surface area contributed by atoms with E-state index in [0.29, 0.717) is 0 Å². The lowest BCUT2D eigenvalue weighted by Crippen LogP contribution is -2.71. The summed E-state index contributed by atoms with van der Waals surface area (Å²) in [6.07, 6.45) is 1.59. The highest BCUT2D eigenvalue weighted by Crippen LogP contribution is 2.21. The minimum Gasteiger partial charge on any atom is -0.380 e. The molecule has 5 nitrogen and oxygen atoms in total. The van der Waals surface area contributed by atoms with Crippen LogP contribution in [0.4, 0.5) is 0 Å². The summed E-state index contributed by atoms with van der Waals surface area (Å²) in [5.41, 5.74) is 0.163. The molecule has 1 aromatic rings. The third-order valence-corrected chi connectivity index (χ3v) is 3.69. The Labute approximate surface area is 98.7 Å². The monoisotopic (exact) mass is 250 g/mol. The van der Waals surface area contributed by atoms with Crippen LogP contribution in [0.1, 0.15) is 13.8 Å². The largest absolute Gasteiger partial charge is 0.380 e. The van der Waals surface area contributed by atoms with Gasteiger partial charge in [0.2, 0.25) is 0 Å². The molecule has 0 radical (unpaired) electrons. The minimum atomic E-state index is 0. The van der Waals surface area contributed by atoms with Crippen molar-refractivity contribution >= 4 is 24.2 Å². The van der Waals surface area contributed by atoms with Gasteiger partial charge in [-0.1, -0.05) is 18.6 Å². The minimum absolute atomic E-state index is 0. The van der Waals surface area contributed by atoms with Crippen molar-refractivity contribution in [3.63, 3.8) is 0 Å². The number of hydrogen-bond acceptors (Lipinski definition) is 4. The highest BCUT2D eigenvalue weighted by atomic mass is 35.5. The van der Waals surface area contributed by atoms with E-state index in [1.165, 1.54) is 0 Å². The van der Waals surface area contributed by atoms with Crippen molar-refractivity contribution in [3.05, 3.63) is 11.8 Å². The van der Waals surface area contributed by atoms with Crippen LogP contribution in [0.15, 0.2) is 10.7 Å². The Bertz CT molecular complexity index is 375. The number of rotatable bonds is 1. The van der Waals surface area contributed by atoms with Gasteiger partial charge in [-0.15, -0.1) is 12.4 Å². The molecular formula is C8H15ClN4OS. The van der Waals surface area contributed by atoms with Crippen molar-refractivity contribution in [2.24, 2.45) is 0 Å². The van der Waals surface area contributed by atoms with Crippen molar-refractivity contribution in [2.75, 3.05) is 23.1 Å². The van der Waals surface area contributed by atoms with Gasteiger partial charge in [-0.2, -0.15) is 11.8 Å². The average molecular weight is 251 g/mol. The van der Waals surface area contributed by atoms with Gasteiger partial charge in [0.1, 0.15) is 0 Å². The van der Waals surface area contributed by atoms with Crippen LogP contribution in [0.5, 0.6) is 0 Å². The number of hydrogen-bond donors (Lipinski definition) is 1. The second-order valence-corrected chi connectivity index (χ2v) is 5.08. The summed E-state index contributed by atoms with van der Waals surface area (Å²) in [7, 11) is 0. The first-order chi connectivity index (χ1) is 6.59. The molecule has 2 heterocycles. The highest BCUT2D eigenvalue weighted by molar-refractivity contribution is 7.99. The highest BCUT2D eigenvalue weighted by Gasteiger charge is 2.30. The molecule has 0 aromatic carbocycles. The molecule has 1 saturated heterocycles. The number of aromatic nitrogens is 2. The molecule has 2 rings (SSSR count). The van der Waals surface area contributed by atoms with Crippen molar-refractivity contribution in [2.45, 2.75) is 19.4 Å². The van der Waals surface area contributed by atoms with Crippen LogP contribution in [0.2, 0.25) is 0 Å². The molecule has 86 valence electrons. The summed E-state index contributed by atoms with van der Waals surface area (Å²) < 4.78 is 4.74. The molecule has 1 aliphatic heterocycles. The summed E-state index contributed by atoms with van der Waals surface area (Å²) in [5, 5.41) is 13.2. The zero-order valence-electron chi connectivity index (χ0n) is 8.77. The van der Waals surface area contributed by atoms with Crippen molar-refractivity contribution < 1.29 is 9.31 Å². The molecular weight excluding hydrogens is 236 g/mol. The van der Waals surface area contributed by atoms with E-state index in [4.69, 9.17) is 9.93 Å². The van der Waals surface area contributed by atoms with Gasteiger partial charge in [0.15, 0.2) is 0 Å². The molecule has 0 saturated carbocycles. The van der Waals surface area contributed by atoms with E-state index in [2.05, 4.69) is 24.1 Å². The van der Waals surface area contributed by atoms with E-state index in [0.717, 1.165) is 18.1 Å². The standard InChI is InChI=1S/C8H14N4OS.ClH/c1-8(2)6-14-4-3-11(8)12-5-7(9)13-10-12;/h5,9H,3-4,6H2,1-2H3;1H. The van der Waals surface area contributed by atoms with Crippen LogP contribution in [0.25, 0.3) is 0 Å². The molecule has 0 aliphatic carbocycles. The predicted octanol–water partition coefficient (Wildman–Crippen LogP) is -0.111. The van der Waals surface area contributed by atoms with Gasteiger partial charge in [0.05, 0.1) is 0 Å². The molecule has 0 unspecified atom stereocenters. The smallest absolute Gasteiger partial charge is 0.286 e.